The monoisotopic (exact) mass is 431 g/mol. The molecular formula is C18H18IN5. The summed E-state index contributed by atoms with van der Waals surface area (Å²) in [5.41, 5.74) is 11.6. The highest BCUT2D eigenvalue weighted by atomic mass is 127. The predicted molar refractivity (Wildman–Crippen MR) is 110 cm³/mol. The SMILES string of the molecule is I.NC(=NCc1ccccc1)N/N=C/c1ccnc2ccccc12. The molecule has 3 rings (SSSR count). The van der Waals surface area contributed by atoms with E-state index in [4.69, 9.17) is 5.73 Å². The number of para-hydroxylation sites is 1. The molecule has 0 saturated carbocycles. The molecule has 0 radical (unpaired) electrons. The van der Waals surface area contributed by atoms with E-state index >= 15 is 0 Å². The van der Waals surface area contributed by atoms with Gasteiger partial charge in [0, 0.05) is 17.1 Å². The van der Waals surface area contributed by atoms with E-state index in [0.29, 0.717) is 6.54 Å². The third kappa shape index (κ3) is 4.76. The Labute approximate surface area is 157 Å². The Morgan fingerprint density at radius 3 is 2.62 bits per heavy atom. The molecule has 0 aliphatic carbocycles. The van der Waals surface area contributed by atoms with Gasteiger partial charge >= 0.3 is 0 Å². The first-order valence-corrected chi connectivity index (χ1v) is 7.29. The summed E-state index contributed by atoms with van der Waals surface area (Å²) in [6.45, 7) is 0.521. The standard InChI is InChI=1S/C18H17N5.HI/c19-18(21-12-14-6-2-1-3-7-14)23-22-13-15-10-11-20-17-9-5-4-8-16(15)17;/h1-11,13H,12H2,(H3,19,21,23);1H/b22-13+;. The number of hydrogen-bond donors (Lipinski definition) is 2. The van der Waals surface area contributed by atoms with Gasteiger partial charge in [-0.15, -0.1) is 24.0 Å². The lowest BCUT2D eigenvalue weighted by Crippen LogP contribution is -2.27. The van der Waals surface area contributed by atoms with Crippen LogP contribution in [0.2, 0.25) is 0 Å². The molecule has 1 heterocycles. The van der Waals surface area contributed by atoms with E-state index in [-0.39, 0.29) is 29.9 Å². The molecule has 0 aliphatic rings. The zero-order valence-corrected chi connectivity index (χ0v) is 15.3. The third-order valence-electron chi connectivity index (χ3n) is 3.34. The number of hydrazone groups is 1. The number of hydrogen-bond acceptors (Lipinski definition) is 3. The van der Waals surface area contributed by atoms with Gasteiger partial charge in [-0.25, -0.2) is 10.4 Å². The molecule has 5 nitrogen and oxygen atoms in total. The minimum Gasteiger partial charge on any atom is -0.369 e. The van der Waals surface area contributed by atoms with E-state index in [1.54, 1.807) is 12.4 Å². The van der Waals surface area contributed by atoms with E-state index in [1.165, 1.54) is 0 Å². The number of guanidine groups is 1. The number of pyridine rings is 1. The van der Waals surface area contributed by atoms with Gasteiger partial charge in [0.25, 0.3) is 0 Å². The summed E-state index contributed by atoms with van der Waals surface area (Å²) < 4.78 is 0. The van der Waals surface area contributed by atoms with Gasteiger partial charge in [0.1, 0.15) is 0 Å². The van der Waals surface area contributed by atoms with Crippen molar-refractivity contribution in [1.29, 1.82) is 0 Å². The van der Waals surface area contributed by atoms with Crippen LogP contribution in [0.1, 0.15) is 11.1 Å². The average Bonchev–Trinajstić information content (AvgIpc) is 2.61. The molecule has 0 aliphatic heterocycles. The van der Waals surface area contributed by atoms with Gasteiger partial charge in [0.05, 0.1) is 18.3 Å². The zero-order valence-electron chi connectivity index (χ0n) is 13.0. The van der Waals surface area contributed by atoms with Crippen molar-refractivity contribution in [3.63, 3.8) is 0 Å². The van der Waals surface area contributed by atoms with Crippen LogP contribution < -0.4 is 11.2 Å². The molecule has 0 saturated heterocycles. The molecule has 3 aromatic rings. The third-order valence-corrected chi connectivity index (χ3v) is 3.34. The molecule has 3 N–H and O–H groups in total. The molecule has 0 bridgehead atoms. The number of nitrogens with zero attached hydrogens (tertiary/aromatic N) is 3. The van der Waals surface area contributed by atoms with Crippen molar-refractivity contribution in [2.24, 2.45) is 15.8 Å². The minimum atomic E-state index is 0. The number of fused-ring (bicyclic) bond motifs is 1. The molecule has 6 heteroatoms. The lowest BCUT2D eigenvalue weighted by atomic mass is 10.1. The van der Waals surface area contributed by atoms with Crippen molar-refractivity contribution >= 4 is 47.1 Å². The van der Waals surface area contributed by atoms with Crippen LogP contribution in [-0.4, -0.2) is 17.2 Å². The Morgan fingerprint density at radius 1 is 1.04 bits per heavy atom. The lowest BCUT2D eigenvalue weighted by molar-refractivity contribution is 0.963. The summed E-state index contributed by atoms with van der Waals surface area (Å²) in [6, 6.07) is 19.7. The second-order valence-corrected chi connectivity index (χ2v) is 4.97. The fourth-order valence-corrected chi connectivity index (χ4v) is 2.19. The van der Waals surface area contributed by atoms with Crippen LogP contribution in [0.3, 0.4) is 0 Å². The summed E-state index contributed by atoms with van der Waals surface area (Å²) in [7, 11) is 0. The van der Waals surface area contributed by atoms with Gasteiger partial charge in [-0.2, -0.15) is 5.10 Å². The highest BCUT2D eigenvalue weighted by molar-refractivity contribution is 14.0. The maximum atomic E-state index is 5.81. The number of nitrogens with two attached hydrogens (primary N) is 1. The maximum Gasteiger partial charge on any atom is 0.209 e. The average molecular weight is 431 g/mol. The number of nitrogens with one attached hydrogen (secondary N) is 1. The van der Waals surface area contributed by atoms with Gasteiger partial charge < -0.3 is 5.73 Å². The highest BCUT2D eigenvalue weighted by Crippen LogP contribution is 2.13. The van der Waals surface area contributed by atoms with Gasteiger partial charge in [-0.1, -0.05) is 48.5 Å². The Bertz CT molecular complexity index is 841. The van der Waals surface area contributed by atoms with Gasteiger partial charge in [0.2, 0.25) is 5.96 Å². The molecule has 122 valence electrons. The van der Waals surface area contributed by atoms with Crippen LogP contribution >= 0.6 is 24.0 Å². The topological polar surface area (TPSA) is 75.7 Å². The Kier molecular flexibility index (Phi) is 6.68. The zero-order chi connectivity index (χ0) is 15.9. The number of benzene rings is 2. The highest BCUT2D eigenvalue weighted by Gasteiger charge is 1.98. The van der Waals surface area contributed by atoms with Crippen molar-refractivity contribution in [1.82, 2.24) is 10.4 Å². The van der Waals surface area contributed by atoms with Crippen molar-refractivity contribution in [2.45, 2.75) is 6.54 Å². The number of rotatable bonds is 4. The summed E-state index contributed by atoms with van der Waals surface area (Å²) >= 11 is 0. The van der Waals surface area contributed by atoms with Crippen molar-refractivity contribution in [3.05, 3.63) is 78.0 Å². The van der Waals surface area contributed by atoms with Crippen LogP contribution in [-0.2, 0) is 6.54 Å². The lowest BCUT2D eigenvalue weighted by Gasteiger charge is -2.02. The fraction of sp³-hybridized carbons (Fsp3) is 0.0556. The van der Waals surface area contributed by atoms with E-state index in [9.17, 15) is 0 Å². The van der Waals surface area contributed by atoms with E-state index in [2.05, 4.69) is 20.5 Å². The van der Waals surface area contributed by atoms with Crippen LogP contribution in [0.15, 0.2) is 77.0 Å². The summed E-state index contributed by atoms with van der Waals surface area (Å²) in [5.74, 6) is 0.281. The molecule has 0 spiro atoms. The Balaban J connectivity index is 0.00000208. The first kappa shape index (κ1) is 17.9. The van der Waals surface area contributed by atoms with E-state index in [0.717, 1.165) is 22.0 Å². The first-order chi connectivity index (χ1) is 11.3. The van der Waals surface area contributed by atoms with Crippen LogP contribution in [0.4, 0.5) is 0 Å². The molecule has 0 amide bonds. The maximum absolute atomic E-state index is 5.81. The van der Waals surface area contributed by atoms with E-state index in [1.807, 2.05) is 60.7 Å². The van der Waals surface area contributed by atoms with Crippen LogP contribution in [0, 0.1) is 0 Å². The smallest absolute Gasteiger partial charge is 0.209 e. The number of halogens is 1. The van der Waals surface area contributed by atoms with Gasteiger partial charge in [0.15, 0.2) is 0 Å². The second-order valence-electron chi connectivity index (χ2n) is 4.97. The van der Waals surface area contributed by atoms with Crippen molar-refractivity contribution in [3.8, 4) is 0 Å². The quantitative estimate of drug-likeness (QED) is 0.288. The number of aliphatic imine (C=N–C) groups is 1. The van der Waals surface area contributed by atoms with Crippen LogP contribution in [0.25, 0.3) is 10.9 Å². The largest absolute Gasteiger partial charge is 0.369 e. The Hall–Kier alpha value is -2.48. The van der Waals surface area contributed by atoms with Crippen molar-refractivity contribution < 1.29 is 0 Å². The van der Waals surface area contributed by atoms with E-state index < -0.39 is 0 Å². The number of aromatic nitrogens is 1. The van der Waals surface area contributed by atoms with Crippen LogP contribution in [0.5, 0.6) is 0 Å². The first-order valence-electron chi connectivity index (χ1n) is 7.29. The Morgan fingerprint density at radius 2 is 1.79 bits per heavy atom. The molecule has 0 atom stereocenters. The fourth-order valence-electron chi connectivity index (χ4n) is 2.19. The normalized spacial score (nSPS) is 11.4. The predicted octanol–water partition coefficient (Wildman–Crippen LogP) is 3.29. The molecule has 1 aromatic heterocycles. The van der Waals surface area contributed by atoms with Crippen molar-refractivity contribution in [2.75, 3.05) is 0 Å². The van der Waals surface area contributed by atoms with Gasteiger partial charge in [-0.3, -0.25) is 4.98 Å². The molecule has 2 aromatic carbocycles. The summed E-state index contributed by atoms with van der Waals surface area (Å²) in [4.78, 5) is 8.56. The minimum absolute atomic E-state index is 0. The van der Waals surface area contributed by atoms with Gasteiger partial charge in [-0.05, 0) is 17.7 Å². The summed E-state index contributed by atoms with van der Waals surface area (Å²) in [5, 5.41) is 5.19. The second kappa shape index (κ2) is 8.97. The molecule has 24 heavy (non-hydrogen) atoms. The molecular weight excluding hydrogens is 413 g/mol. The summed E-state index contributed by atoms with van der Waals surface area (Å²) in [6.07, 6.45) is 3.48. The molecule has 0 fully saturated rings. The molecule has 0 unspecified atom stereocenters.